The molecule has 7 heteroatoms. The van der Waals surface area contributed by atoms with E-state index in [1.165, 1.54) is 0 Å². The van der Waals surface area contributed by atoms with E-state index in [1.54, 1.807) is 42.7 Å². The van der Waals surface area contributed by atoms with E-state index in [1.807, 2.05) is 11.0 Å². The minimum atomic E-state index is -0.205. The topological polar surface area (TPSA) is 99.2 Å². The van der Waals surface area contributed by atoms with Crippen LogP contribution in [0.1, 0.15) is 45.7 Å². The standard InChI is InChI=1S/C24H22N4O3/c25-13-16-2-1-3-18(10-16)23(30)28-8-5-24(6-9-28)12-19(24)14-27-22(29)20-11-17-4-7-26-15-21(17)31-20/h1-4,7,10-11,15,19H,5-6,8-9,12,14H2,(H,27,29). The molecule has 1 N–H and O–H groups in total. The first-order valence-electron chi connectivity index (χ1n) is 10.5. The van der Waals surface area contributed by atoms with Gasteiger partial charge in [-0.15, -0.1) is 0 Å². The molecular formula is C24H22N4O3. The zero-order chi connectivity index (χ0) is 21.4. The van der Waals surface area contributed by atoms with Crippen LogP contribution in [0.2, 0.25) is 0 Å². The van der Waals surface area contributed by atoms with Crippen molar-refractivity contribution < 1.29 is 14.0 Å². The van der Waals surface area contributed by atoms with Crippen molar-refractivity contribution in [2.24, 2.45) is 11.3 Å². The highest BCUT2D eigenvalue weighted by Crippen LogP contribution is 2.59. The van der Waals surface area contributed by atoms with Gasteiger partial charge in [-0.2, -0.15) is 5.26 Å². The van der Waals surface area contributed by atoms with Crippen molar-refractivity contribution in [3.05, 3.63) is 65.7 Å². The third kappa shape index (κ3) is 3.66. The molecule has 0 radical (unpaired) electrons. The number of likely N-dealkylation sites (tertiary alicyclic amines) is 1. The van der Waals surface area contributed by atoms with Crippen LogP contribution in [0.3, 0.4) is 0 Å². The first kappa shape index (κ1) is 19.3. The number of pyridine rings is 1. The number of piperidine rings is 1. The zero-order valence-corrected chi connectivity index (χ0v) is 17.0. The molecule has 2 fully saturated rings. The molecule has 0 bridgehead atoms. The Bertz CT molecular complexity index is 1170. The SMILES string of the molecule is N#Cc1cccc(C(=O)N2CCC3(CC2)CC3CNC(=O)c2cc3ccncc3o2)c1. The summed E-state index contributed by atoms with van der Waals surface area (Å²) in [5.74, 6) is 0.513. The van der Waals surface area contributed by atoms with Gasteiger partial charge in [-0.1, -0.05) is 6.07 Å². The summed E-state index contributed by atoms with van der Waals surface area (Å²) in [6, 6.07) is 12.5. The van der Waals surface area contributed by atoms with Gasteiger partial charge in [0, 0.05) is 36.8 Å². The molecule has 156 valence electrons. The molecule has 2 aromatic heterocycles. The van der Waals surface area contributed by atoms with Gasteiger partial charge in [0.05, 0.1) is 17.8 Å². The van der Waals surface area contributed by atoms with Gasteiger partial charge in [0.15, 0.2) is 11.3 Å². The van der Waals surface area contributed by atoms with Crippen LogP contribution in [-0.2, 0) is 0 Å². The molecule has 1 spiro atoms. The quantitative estimate of drug-likeness (QED) is 0.706. The van der Waals surface area contributed by atoms with E-state index in [2.05, 4.69) is 16.4 Å². The number of amides is 2. The van der Waals surface area contributed by atoms with Gasteiger partial charge >= 0.3 is 0 Å². The van der Waals surface area contributed by atoms with Gasteiger partial charge in [-0.25, -0.2) is 0 Å². The van der Waals surface area contributed by atoms with Crippen molar-refractivity contribution in [1.82, 2.24) is 15.2 Å². The van der Waals surface area contributed by atoms with Crippen molar-refractivity contribution in [2.45, 2.75) is 19.3 Å². The van der Waals surface area contributed by atoms with Gasteiger partial charge in [0.25, 0.3) is 11.8 Å². The van der Waals surface area contributed by atoms with Gasteiger partial charge in [0.2, 0.25) is 0 Å². The van der Waals surface area contributed by atoms with Gasteiger partial charge < -0.3 is 14.6 Å². The fourth-order valence-electron chi connectivity index (χ4n) is 4.69. The molecule has 2 aliphatic rings. The molecule has 2 amide bonds. The molecule has 3 aromatic rings. The second kappa shape index (κ2) is 7.55. The van der Waals surface area contributed by atoms with E-state index in [9.17, 15) is 9.59 Å². The third-order valence-corrected chi connectivity index (χ3v) is 6.70. The van der Waals surface area contributed by atoms with Crippen LogP contribution in [0.5, 0.6) is 0 Å². The Morgan fingerprint density at radius 2 is 2.10 bits per heavy atom. The molecule has 1 saturated carbocycles. The number of hydrogen-bond acceptors (Lipinski definition) is 5. The number of carbonyl (C=O) groups is 2. The van der Waals surface area contributed by atoms with Gasteiger partial charge in [0.1, 0.15) is 0 Å². The number of fused-ring (bicyclic) bond motifs is 1. The number of aromatic nitrogens is 1. The lowest BCUT2D eigenvalue weighted by atomic mass is 9.90. The number of hydrogen-bond donors (Lipinski definition) is 1. The smallest absolute Gasteiger partial charge is 0.287 e. The molecule has 3 heterocycles. The number of nitrogens with one attached hydrogen (secondary N) is 1. The van der Waals surface area contributed by atoms with Gasteiger partial charge in [-0.3, -0.25) is 14.6 Å². The molecule has 7 nitrogen and oxygen atoms in total. The monoisotopic (exact) mass is 414 g/mol. The molecule has 5 rings (SSSR count). The Morgan fingerprint density at radius 1 is 1.26 bits per heavy atom. The van der Waals surface area contributed by atoms with Gasteiger partial charge in [-0.05, 0) is 60.9 Å². The van der Waals surface area contributed by atoms with Crippen molar-refractivity contribution in [3.8, 4) is 6.07 Å². The van der Waals surface area contributed by atoms with E-state index in [0.717, 1.165) is 24.6 Å². The fourth-order valence-corrected chi connectivity index (χ4v) is 4.69. The fraction of sp³-hybridized carbons (Fsp3) is 0.333. The summed E-state index contributed by atoms with van der Waals surface area (Å²) in [4.78, 5) is 31.1. The van der Waals surface area contributed by atoms with E-state index in [0.29, 0.717) is 48.0 Å². The predicted molar refractivity (Wildman–Crippen MR) is 113 cm³/mol. The Hall–Kier alpha value is -3.66. The van der Waals surface area contributed by atoms with E-state index in [-0.39, 0.29) is 17.2 Å². The van der Waals surface area contributed by atoms with E-state index in [4.69, 9.17) is 9.68 Å². The van der Waals surface area contributed by atoms with Crippen molar-refractivity contribution >= 4 is 22.8 Å². The number of nitrogens with zero attached hydrogens (tertiary/aromatic N) is 3. The molecule has 1 saturated heterocycles. The molecule has 1 unspecified atom stereocenters. The summed E-state index contributed by atoms with van der Waals surface area (Å²) < 4.78 is 5.58. The minimum absolute atomic E-state index is 0.0168. The van der Waals surface area contributed by atoms with Crippen LogP contribution in [-0.4, -0.2) is 41.3 Å². The Balaban J connectivity index is 1.14. The Morgan fingerprint density at radius 3 is 2.87 bits per heavy atom. The van der Waals surface area contributed by atoms with Crippen molar-refractivity contribution in [1.29, 1.82) is 5.26 Å². The first-order valence-corrected chi connectivity index (χ1v) is 10.5. The maximum atomic E-state index is 12.8. The predicted octanol–water partition coefficient (Wildman–Crippen LogP) is 3.37. The molecule has 1 aromatic carbocycles. The molecule has 1 aliphatic carbocycles. The summed E-state index contributed by atoms with van der Waals surface area (Å²) in [6.07, 6.45) is 6.22. The third-order valence-electron chi connectivity index (χ3n) is 6.70. The largest absolute Gasteiger partial charge is 0.449 e. The first-order chi connectivity index (χ1) is 15.1. The summed E-state index contributed by atoms with van der Waals surface area (Å²) in [5.41, 5.74) is 1.89. The second-order valence-corrected chi connectivity index (χ2v) is 8.48. The lowest BCUT2D eigenvalue weighted by Crippen LogP contribution is -2.40. The van der Waals surface area contributed by atoms with Crippen molar-refractivity contribution in [2.75, 3.05) is 19.6 Å². The molecule has 1 atom stereocenters. The van der Waals surface area contributed by atoms with Crippen LogP contribution < -0.4 is 5.32 Å². The Labute approximate surface area is 179 Å². The second-order valence-electron chi connectivity index (χ2n) is 8.48. The zero-order valence-electron chi connectivity index (χ0n) is 17.0. The van der Waals surface area contributed by atoms with Crippen LogP contribution in [0, 0.1) is 22.7 Å². The highest BCUT2D eigenvalue weighted by atomic mass is 16.3. The summed E-state index contributed by atoms with van der Waals surface area (Å²) >= 11 is 0. The number of benzene rings is 1. The Kier molecular flexibility index (Phi) is 4.70. The number of furan rings is 1. The average Bonchev–Trinajstić information content (AvgIpc) is 3.28. The normalized spacial score (nSPS) is 19.2. The summed E-state index contributed by atoms with van der Waals surface area (Å²) in [6.45, 7) is 2.03. The summed E-state index contributed by atoms with van der Waals surface area (Å²) in [7, 11) is 0. The van der Waals surface area contributed by atoms with Crippen LogP contribution in [0.15, 0.2) is 53.2 Å². The van der Waals surface area contributed by atoms with Crippen LogP contribution in [0.25, 0.3) is 11.0 Å². The van der Waals surface area contributed by atoms with Crippen LogP contribution in [0.4, 0.5) is 0 Å². The average molecular weight is 414 g/mol. The maximum Gasteiger partial charge on any atom is 0.287 e. The highest BCUT2D eigenvalue weighted by molar-refractivity contribution is 5.96. The molecule has 1 aliphatic heterocycles. The van der Waals surface area contributed by atoms with Crippen LogP contribution >= 0.6 is 0 Å². The number of rotatable bonds is 4. The minimum Gasteiger partial charge on any atom is -0.449 e. The van der Waals surface area contributed by atoms with Crippen molar-refractivity contribution in [3.63, 3.8) is 0 Å². The molecule has 31 heavy (non-hydrogen) atoms. The number of carbonyl (C=O) groups excluding carboxylic acids is 2. The number of nitriles is 1. The lowest BCUT2D eigenvalue weighted by Gasteiger charge is -2.33. The highest BCUT2D eigenvalue weighted by Gasteiger charge is 2.54. The molecular weight excluding hydrogens is 392 g/mol. The maximum absolute atomic E-state index is 12.8. The van der Waals surface area contributed by atoms with E-state index < -0.39 is 0 Å². The lowest BCUT2D eigenvalue weighted by molar-refractivity contribution is 0.0668. The summed E-state index contributed by atoms with van der Waals surface area (Å²) in [5, 5.41) is 12.9. The van der Waals surface area contributed by atoms with E-state index >= 15 is 0 Å².